The van der Waals surface area contributed by atoms with Gasteiger partial charge in [-0.05, 0) is 42.4 Å². The van der Waals surface area contributed by atoms with Crippen molar-refractivity contribution < 1.29 is 0 Å². The Balaban J connectivity index is 0.00000116. The molecule has 22 heavy (non-hydrogen) atoms. The number of hydrazine groups is 1. The second-order valence-electron chi connectivity index (χ2n) is 5.47. The first-order valence-electron chi connectivity index (χ1n) is 8.59. The zero-order valence-electron chi connectivity index (χ0n) is 14.7. The van der Waals surface area contributed by atoms with Crippen LogP contribution in [0.2, 0.25) is 0 Å². The lowest BCUT2D eigenvalue weighted by Crippen LogP contribution is -2.44. The molecule has 1 aromatic heterocycles. The van der Waals surface area contributed by atoms with Crippen LogP contribution in [0.1, 0.15) is 50.1 Å². The van der Waals surface area contributed by atoms with E-state index in [2.05, 4.69) is 49.6 Å². The molecule has 0 atom stereocenters. The van der Waals surface area contributed by atoms with E-state index in [1.165, 1.54) is 22.6 Å². The number of nitrogens with zero attached hydrogens (tertiary/aromatic N) is 2. The molecule has 0 spiro atoms. The molecule has 5 heteroatoms. The molecular weight excluding hydrogens is 274 g/mol. The van der Waals surface area contributed by atoms with E-state index < -0.39 is 0 Å². The number of nitrogens with one attached hydrogen (secondary N) is 1. The minimum Gasteiger partial charge on any atom is -0.354 e. The first-order valence-corrected chi connectivity index (χ1v) is 8.59. The van der Waals surface area contributed by atoms with Gasteiger partial charge in [-0.25, -0.2) is 4.98 Å². The summed E-state index contributed by atoms with van der Waals surface area (Å²) in [5.41, 5.74) is 5.87. The minimum absolute atomic E-state index is 1.04. The van der Waals surface area contributed by atoms with Crippen LogP contribution >= 0.6 is 0 Å². The number of rotatable bonds is 5. The van der Waals surface area contributed by atoms with Crippen LogP contribution < -0.4 is 21.9 Å². The summed E-state index contributed by atoms with van der Waals surface area (Å²) in [6.07, 6.45) is 4.36. The normalized spacial score (nSPS) is 14.5. The van der Waals surface area contributed by atoms with Crippen LogP contribution in [0.3, 0.4) is 0 Å². The van der Waals surface area contributed by atoms with Crippen molar-refractivity contribution in [3.05, 3.63) is 22.4 Å². The van der Waals surface area contributed by atoms with Crippen molar-refractivity contribution >= 4 is 5.82 Å². The van der Waals surface area contributed by atoms with Crippen LogP contribution in [0, 0.1) is 0 Å². The summed E-state index contributed by atoms with van der Waals surface area (Å²) in [7, 11) is 0. The summed E-state index contributed by atoms with van der Waals surface area (Å²) in [5, 5.41) is 3.43. The molecule has 1 fully saturated rings. The van der Waals surface area contributed by atoms with E-state index in [-0.39, 0.29) is 0 Å². The van der Waals surface area contributed by atoms with E-state index in [1.807, 2.05) is 0 Å². The van der Waals surface area contributed by atoms with Crippen LogP contribution in [0.5, 0.6) is 0 Å². The highest BCUT2D eigenvalue weighted by Gasteiger charge is 2.20. The standard InChI is InChI=1S/C17H29N3.H4N2/c1-5-13-14(6-2)16(8-4)19-17(15(13)7-3)20-11-9-18-10-12-20;1-2/h18H,5-12H2,1-4H3;1-2H2. The van der Waals surface area contributed by atoms with E-state index >= 15 is 0 Å². The molecule has 5 N–H and O–H groups in total. The third kappa shape index (κ3) is 3.97. The molecule has 0 radical (unpaired) electrons. The lowest BCUT2D eigenvalue weighted by molar-refractivity contribution is 0.581. The molecule has 1 aliphatic rings. The van der Waals surface area contributed by atoms with E-state index in [4.69, 9.17) is 4.98 Å². The summed E-state index contributed by atoms with van der Waals surface area (Å²) >= 11 is 0. The molecule has 126 valence electrons. The van der Waals surface area contributed by atoms with Crippen molar-refractivity contribution in [2.45, 2.75) is 53.4 Å². The van der Waals surface area contributed by atoms with Crippen molar-refractivity contribution in [2.24, 2.45) is 11.7 Å². The maximum Gasteiger partial charge on any atom is 0.132 e. The molecule has 0 unspecified atom stereocenters. The molecule has 2 rings (SSSR count). The molecule has 0 amide bonds. The van der Waals surface area contributed by atoms with Crippen molar-refractivity contribution in [3.8, 4) is 0 Å². The van der Waals surface area contributed by atoms with Gasteiger partial charge >= 0.3 is 0 Å². The number of hydrogen-bond acceptors (Lipinski definition) is 5. The average Bonchev–Trinajstić information content (AvgIpc) is 2.61. The van der Waals surface area contributed by atoms with Crippen LogP contribution in [-0.4, -0.2) is 31.2 Å². The Morgan fingerprint density at radius 2 is 1.41 bits per heavy atom. The Hall–Kier alpha value is -1.17. The quantitative estimate of drug-likeness (QED) is 0.568. The molecule has 2 heterocycles. The summed E-state index contributed by atoms with van der Waals surface area (Å²) < 4.78 is 0. The molecule has 0 bridgehead atoms. The van der Waals surface area contributed by atoms with Gasteiger partial charge in [-0.1, -0.05) is 27.7 Å². The van der Waals surface area contributed by atoms with Crippen LogP contribution in [-0.2, 0) is 25.7 Å². The number of aromatic nitrogens is 1. The molecule has 0 aliphatic carbocycles. The van der Waals surface area contributed by atoms with Crippen molar-refractivity contribution in [2.75, 3.05) is 31.1 Å². The monoisotopic (exact) mass is 307 g/mol. The van der Waals surface area contributed by atoms with Gasteiger partial charge in [0, 0.05) is 31.9 Å². The van der Waals surface area contributed by atoms with E-state index in [1.54, 1.807) is 5.56 Å². The zero-order valence-corrected chi connectivity index (χ0v) is 14.7. The number of anilines is 1. The Bertz CT molecular complexity index is 453. The highest BCUT2D eigenvalue weighted by molar-refractivity contribution is 5.55. The summed E-state index contributed by atoms with van der Waals surface area (Å²) in [6.45, 7) is 13.4. The number of piperazine rings is 1. The molecule has 5 nitrogen and oxygen atoms in total. The lowest BCUT2D eigenvalue weighted by Gasteiger charge is -2.32. The van der Waals surface area contributed by atoms with Crippen LogP contribution in [0.25, 0.3) is 0 Å². The minimum atomic E-state index is 1.04. The number of aryl methyl sites for hydroxylation is 1. The fraction of sp³-hybridized carbons (Fsp3) is 0.706. The van der Waals surface area contributed by atoms with E-state index in [0.29, 0.717) is 0 Å². The molecule has 0 saturated carbocycles. The third-order valence-electron chi connectivity index (χ3n) is 4.40. The highest BCUT2D eigenvalue weighted by Crippen LogP contribution is 2.29. The number of hydrogen-bond donors (Lipinski definition) is 3. The van der Waals surface area contributed by atoms with Gasteiger partial charge < -0.3 is 10.2 Å². The van der Waals surface area contributed by atoms with E-state index in [0.717, 1.165) is 51.9 Å². The smallest absolute Gasteiger partial charge is 0.132 e. The van der Waals surface area contributed by atoms with Crippen molar-refractivity contribution in [3.63, 3.8) is 0 Å². The zero-order chi connectivity index (χ0) is 16.5. The van der Waals surface area contributed by atoms with Gasteiger partial charge in [-0.2, -0.15) is 0 Å². The Morgan fingerprint density at radius 1 is 0.864 bits per heavy atom. The molecule has 1 aromatic rings. The largest absolute Gasteiger partial charge is 0.354 e. The Kier molecular flexibility index (Phi) is 8.38. The van der Waals surface area contributed by atoms with Crippen LogP contribution in [0.4, 0.5) is 5.82 Å². The maximum absolute atomic E-state index is 5.06. The molecule has 1 saturated heterocycles. The first-order chi connectivity index (χ1) is 10.8. The molecular formula is C17H33N5. The number of nitrogens with two attached hydrogens (primary N) is 2. The predicted octanol–water partition coefficient (Wildman–Crippen LogP) is 1.56. The lowest BCUT2D eigenvalue weighted by atomic mass is 9.93. The Labute approximate surface area is 135 Å². The van der Waals surface area contributed by atoms with E-state index in [9.17, 15) is 0 Å². The summed E-state index contributed by atoms with van der Waals surface area (Å²) in [6, 6.07) is 0. The fourth-order valence-electron chi connectivity index (χ4n) is 3.40. The first kappa shape index (κ1) is 18.9. The van der Waals surface area contributed by atoms with Gasteiger partial charge in [0.2, 0.25) is 0 Å². The second-order valence-corrected chi connectivity index (χ2v) is 5.47. The van der Waals surface area contributed by atoms with Gasteiger partial charge in [0.1, 0.15) is 5.82 Å². The number of pyridine rings is 1. The second kappa shape index (κ2) is 9.77. The SMILES string of the molecule is CCc1nc(N2CCNCC2)c(CC)c(CC)c1CC.NN. The third-order valence-corrected chi connectivity index (χ3v) is 4.40. The van der Waals surface area contributed by atoms with Gasteiger partial charge in [-0.3, -0.25) is 11.7 Å². The summed E-state index contributed by atoms with van der Waals surface area (Å²) in [4.78, 5) is 7.54. The molecule has 0 aromatic carbocycles. The van der Waals surface area contributed by atoms with Crippen LogP contribution in [0.15, 0.2) is 0 Å². The van der Waals surface area contributed by atoms with Gasteiger partial charge in [0.05, 0.1) is 0 Å². The van der Waals surface area contributed by atoms with Crippen molar-refractivity contribution in [1.29, 1.82) is 0 Å². The summed E-state index contributed by atoms with van der Waals surface area (Å²) in [5.74, 6) is 9.26. The molecule has 1 aliphatic heterocycles. The van der Waals surface area contributed by atoms with Gasteiger partial charge in [0.25, 0.3) is 0 Å². The van der Waals surface area contributed by atoms with Gasteiger partial charge in [0.15, 0.2) is 0 Å². The van der Waals surface area contributed by atoms with Gasteiger partial charge in [-0.15, -0.1) is 0 Å². The Morgan fingerprint density at radius 3 is 1.86 bits per heavy atom. The topological polar surface area (TPSA) is 80.2 Å². The maximum atomic E-state index is 5.06. The predicted molar refractivity (Wildman–Crippen MR) is 95.2 cm³/mol. The van der Waals surface area contributed by atoms with Crippen molar-refractivity contribution in [1.82, 2.24) is 10.3 Å². The highest BCUT2D eigenvalue weighted by atomic mass is 15.2. The average molecular weight is 307 g/mol. The fourth-order valence-corrected chi connectivity index (χ4v) is 3.40.